The number of carbonyl (C=O) groups excluding carboxylic acids is 1. The quantitative estimate of drug-likeness (QED) is 0.755. The number of carboxylic acids is 1. The number of aryl methyl sites for hydroxylation is 2. The number of hydrogen-bond acceptors (Lipinski definition) is 4. The maximum atomic E-state index is 11.7. The van der Waals surface area contributed by atoms with Crippen LogP contribution in [0, 0.1) is 13.8 Å². The number of carbonyl (C=O) groups is 2. The van der Waals surface area contributed by atoms with Crippen LogP contribution in [-0.4, -0.2) is 43.3 Å². The molecule has 6 nitrogen and oxygen atoms in total. The molecule has 0 spiro atoms. The Balaban J connectivity index is 2.42. The fourth-order valence-corrected chi connectivity index (χ4v) is 1.72. The van der Waals surface area contributed by atoms with Crippen LogP contribution in [0.5, 0.6) is 5.75 Å². The molecule has 0 saturated carbocycles. The number of nitrogens with one attached hydrogen (secondary N) is 1. The number of hydrogen-bond donors (Lipinski definition) is 2. The zero-order chi connectivity index (χ0) is 15.8. The molecule has 1 unspecified atom stereocenters. The summed E-state index contributed by atoms with van der Waals surface area (Å²) in [5.74, 6) is -0.778. The number of benzene rings is 1. The lowest BCUT2D eigenvalue weighted by molar-refractivity contribution is -0.143. The molecule has 0 aliphatic carbocycles. The van der Waals surface area contributed by atoms with E-state index in [9.17, 15) is 9.59 Å². The van der Waals surface area contributed by atoms with Gasteiger partial charge >= 0.3 is 5.97 Å². The van der Waals surface area contributed by atoms with Gasteiger partial charge in [-0.1, -0.05) is 12.1 Å². The molecule has 0 heterocycles. The number of methoxy groups -OCH3 is 1. The molecule has 0 saturated heterocycles. The predicted octanol–water partition coefficient (Wildman–Crippen LogP) is 1.29. The summed E-state index contributed by atoms with van der Waals surface area (Å²) in [6, 6.07) is 4.79. The molecule has 21 heavy (non-hydrogen) atoms. The van der Waals surface area contributed by atoms with E-state index >= 15 is 0 Å². The topological polar surface area (TPSA) is 84.9 Å². The average Bonchev–Trinajstić information content (AvgIpc) is 2.42. The summed E-state index contributed by atoms with van der Waals surface area (Å²) in [6.07, 6.45) is 0.0842. The third kappa shape index (κ3) is 5.83. The minimum Gasteiger partial charge on any atom is -0.493 e. The Bertz CT molecular complexity index is 501. The largest absolute Gasteiger partial charge is 0.493 e. The summed E-state index contributed by atoms with van der Waals surface area (Å²) < 4.78 is 10.3. The summed E-state index contributed by atoms with van der Waals surface area (Å²) in [6.45, 7) is 4.00. The second kappa shape index (κ2) is 8.26. The molecule has 0 aromatic heterocycles. The van der Waals surface area contributed by atoms with E-state index in [-0.39, 0.29) is 25.5 Å². The van der Waals surface area contributed by atoms with Gasteiger partial charge in [-0.2, -0.15) is 0 Å². The van der Waals surface area contributed by atoms with Gasteiger partial charge in [-0.15, -0.1) is 0 Å². The third-order valence-corrected chi connectivity index (χ3v) is 2.90. The SMILES string of the molecule is COCC(NC(=O)CCOc1cc(C)ccc1C)C(=O)O. The van der Waals surface area contributed by atoms with Crippen LogP contribution in [0.3, 0.4) is 0 Å². The van der Waals surface area contributed by atoms with Crippen LogP contribution in [0.2, 0.25) is 0 Å². The van der Waals surface area contributed by atoms with Gasteiger partial charge in [-0.25, -0.2) is 4.79 Å². The normalized spacial score (nSPS) is 11.8. The zero-order valence-electron chi connectivity index (χ0n) is 12.5. The number of amides is 1. The fraction of sp³-hybridized carbons (Fsp3) is 0.467. The Labute approximate surface area is 124 Å². The molecule has 0 radical (unpaired) electrons. The molecule has 1 rings (SSSR count). The lowest BCUT2D eigenvalue weighted by atomic mass is 10.1. The predicted molar refractivity (Wildman–Crippen MR) is 77.5 cm³/mol. The second-order valence-corrected chi connectivity index (χ2v) is 4.78. The highest BCUT2D eigenvalue weighted by Gasteiger charge is 2.19. The van der Waals surface area contributed by atoms with Gasteiger partial charge in [0.15, 0.2) is 6.04 Å². The number of ether oxygens (including phenoxy) is 2. The molecule has 0 bridgehead atoms. The van der Waals surface area contributed by atoms with Crippen molar-refractivity contribution in [2.45, 2.75) is 26.3 Å². The fourth-order valence-electron chi connectivity index (χ4n) is 1.72. The first-order chi connectivity index (χ1) is 9.93. The molecule has 0 fully saturated rings. The lowest BCUT2D eigenvalue weighted by Gasteiger charge is -2.14. The van der Waals surface area contributed by atoms with Gasteiger partial charge in [-0.3, -0.25) is 4.79 Å². The summed E-state index contributed by atoms with van der Waals surface area (Å²) in [7, 11) is 1.38. The molecule has 1 atom stereocenters. The number of aliphatic carboxylic acids is 1. The van der Waals surface area contributed by atoms with Crippen LogP contribution in [0.15, 0.2) is 18.2 Å². The molecule has 2 N–H and O–H groups in total. The van der Waals surface area contributed by atoms with Crippen LogP contribution >= 0.6 is 0 Å². The molecule has 1 amide bonds. The van der Waals surface area contributed by atoms with Crippen molar-refractivity contribution in [3.8, 4) is 5.75 Å². The first-order valence-corrected chi connectivity index (χ1v) is 6.65. The van der Waals surface area contributed by atoms with E-state index in [1.807, 2.05) is 32.0 Å². The highest BCUT2D eigenvalue weighted by molar-refractivity contribution is 5.83. The van der Waals surface area contributed by atoms with Crippen LogP contribution < -0.4 is 10.1 Å². The van der Waals surface area contributed by atoms with Gasteiger partial charge in [0.25, 0.3) is 0 Å². The highest BCUT2D eigenvalue weighted by Crippen LogP contribution is 2.19. The maximum absolute atomic E-state index is 11.7. The highest BCUT2D eigenvalue weighted by atomic mass is 16.5. The van der Waals surface area contributed by atoms with Gasteiger partial charge in [0.1, 0.15) is 5.75 Å². The van der Waals surface area contributed by atoms with Gasteiger partial charge in [0.05, 0.1) is 19.6 Å². The van der Waals surface area contributed by atoms with E-state index in [4.69, 9.17) is 14.6 Å². The minimum atomic E-state index is -1.12. The third-order valence-electron chi connectivity index (χ3n) is 2.90. The smallest absolute Gasteiger partial charge is 0.328 e. The standard InChI is InChI=1S/C15H21NO5/c1-10-4-5-11(2)13(8-10)21-7-6-14(17)16-12(9-20-3)15(18)19/h4-5,8,12H,6-7,9H2,1-3H3,(H,16,17)(H,18,19). The second-order valence-electron chi connectivity index (χ2n) is 4.78. The summed E-state index contributed by atoms with van der Waals surface area (Å²) >= 11 is 0. The minimum absolute atomic E-state index is 0.0705. The van der Waals surface area contributed by atoms with Gasteiger partial charge in [-0.05, 0) is 31.0 Å². The Morgan fingerprint density at radius 3 is 2.67 bits per heavy atom. The van der Waals surface area contributed by atoms with Crippen LogP contribution in [0.1, 0.15) is 17.5 Å². The van der Waals surface area contributed by atoms with E-state index in [0.717, 1.165) is 16.9 Å². The van der Waals surface area contributed by atoms with Gasteiger partial charge in [0, 0.05) is 7.11 Å². The van der Waals surface area contributed by atoms with Gasteiger partial charge in [0.2, 0.25) is 5.91 Å². The van der Waals surface area contributed by atoms with Crippen molar-refractivity contribution in [1.82, 2.24) is 5.32 Å². The molecule has 1 aromatic rings. The van der Waals surface area contributed by atoms with Gasteiger partial charge < -0.3 is 19.9 Å². The lowest BCUT2D eigenvalue weighted by Crippen LogP contribution is -2.44. The Kier molecular flexibility index (Phi) is 6.68. The van der Waals surface area contributed by atoms with Crippen molar-refractivity contribution in [2.75, 3.05) is 20.3 Å². The summed E-state index contributed by atoms with van der Waals surface area (Å²) in [5, 5.41) is 11.3. The van der Waals surface area contributed by atoms with Crippen LogP contribution in [0.25, 0.3) is 0 Å². The number of carboxylic acid groups (broad SMARTS) is 1. The Morgan fingerprint density at radius 2 is 2.05 bits per heavy atom. The van der Waals surface area contributed by atoms with Crippen molar-refractivity contribution in [1.29, 1.82) is 0 Å². The Hall–Kier alpha value is -2.08. The maximum Gasteiger partial charge on any atom is 0.328 e. The molecule has 1 aromatic carbocycles. The van der Waals surface area contributed by atoms with E-state index < -0.39 is 12.0 Å². The van der Waals surface area contributed by atoms with Crippen molar-refractivity contribution < 1.29 is 24.2 Å². The van der Waals surface area contributed by atoms with Crippen molar-refractivity contribution in [3.05, 3.63) is 29.3 Å². The van der Waals surface area contributed by atoms with E-state index in [2.05, 4.69) is 5.32 Å². The molecule has 0 aliphatic heterocycles. The van der Waals surface area contributed by atoms with Crippen molar-refractivity contribution >= 4 is 11.9 Å². The molecule has 0 aliphatic rings. The van der Waals surface area contributed by atoms with E-state index in [0.29, 0.717) is 0 Å². The molecular formula is C15H21NO5. The zero-order valence-corrected chi connectivity index (χ0v) is 12.5. The molecule has 116 valence electrons. The van der Waals surface area contributed by atoms with Crippen LogP contribution in [-0.2, 0) is 14.3 Å². The molecule has 6 heteroatoms. The molecular weight excluding hydrogens is 274 g/mol. The monoisotopic (exact) mass is 295 g/mol. The average molecular weight is 295 g/mol. The Morgan fingerprint density at radius 1 is 1.33 bits per heavy atom. The van der Waals surface area contributed by atoms with Crippen LogP contribution in [0.4, 0.5) is 0 Å². The van der Waals surface area contributed by atoms with E-state index in [1.54, 1.807) is 0 Å². The van der Waals surface area contributed by atoms with Crippen molar-refractivity contribution in [2.24, 2.45) is 0 Å². The number of rotatable bonds is 8. The first kappa shape index (κ1) is 17.0. The summed E-state index contributed by atoms with van der Waals surface area (Å²) in [5.41, 5.74) is 2.06. The van der Waals surface area contributed by atoms with E-state index in [1.165, 1.54) is 7.11 Å². The first-order valence-electron chi connectivity index (χ1n) is 6.65. The van der Waals surface area contributed by atoms with Crippen molar-refractivity contribution in [3.63, 3.8) is 0 Å². The summed E-state index contributed by atoms with van der Waals surface area (Å²) in [4.78, 5) is 22.5.